The largest absolute Gasteiger partial charge is 0.232 e. The van der Waals surface area contributed by atoms with E-state index >= 15 is 0 Å². The second-order valence-electron chi connectivity index (χ2n) is 2.28. The number of allylic oxidation sites excluding steroid dienone is 1. The molecular formula is C7H4NO2S2. The monoisotopic (exact) mass is 198 g/mol. The molecule has 1 aliphatic rings. The number of aromatic nitrogens is 1. The van der Waals surface area contributed by atoms with Crippen molar-refractivity contribution in [2.45, 2.75) is 6.42 Å². The molecule has 2 rings (SSSR count). The standard InChI is InChI=1S/C7H4NO2S2/c9-12(10)6-3-1-2-5-7(6)8-4-11-5/h1-2H,3H2. The number of thiazole rings is 1. The molecule has 1 radical (unpaired) electrons. The van der Waals surface area contributed by atoms with Crippen LogP contribution in [0, 0.1) is 5.51 Å². The van der Waals surface area contributed by atoms with E-state index in [0.29, 0.717) is 17.0 Å². The first kappa shape index (κ1) is 7.70. The fourth-order valence-corrected chi connectivity index (χ4v) is 2.33. The summed E-state index contributed by atoms with van der Waals surface area (Å²) >= 11 is 1.33. The molecule has 12 heavy (non-hydrogen) atoms. The first-order valence-electron chi connectivity index (χ1n) is 3.28. The molecule has 3 nitrogen and oxygen atoms in total. The van der Waals surface area contributed by atoms with E-state index in [4.69, 9.17) is 0 Å². The number of rotatable bonds is 0. The lowest BCUT2D eigenvalue weighted by atomic mass is 10.1. The highest BCUT2D eigenvalue weighted by atomic mass is 32.2. The zero-order chi connectivity index (χ0) is 8.55. The van der Waals surface area contributed by atoms with Crippen LogP contribution in [0.15, 0.2) is 6.08 Å². The molecule has 0 aliphatic heterocycles. The van der Waals surface area contributed by atoms with Crippen LogP contribution in [0.5, 0.6) is 0 Å². The van der Waals surface area contributed by atoms with Gasteiger partial charge in [-0.1, -0.05) is 6.08 Å². The Morgan fingerprint density at radius 2 is 2.42 bits per heavy atom. The first-order chi connectivity index (χ1) is 5.79. The molecule has 0 saturated heterocycles. The van der Waals surface area contributed by atoms with Gasteiger partial charge in [0.2, 0.25) is 10.3 Å². The first-order valence-corrected chi connectivity index (χ1v) is 5.17. The minimum Gasteiger partial charge on any atom is -0.232 e. The van der Waals surface area contributed by atoms with E-state index in [0.717, 1.165) is 4.88 Å². The third-order valence-electron chi connectivity index (χ3n) is 1.58. The van der Waals surface area contributed by atoms with E-state index in [9.17, 15) is 8.42 Å². The van der Waals surface area contributed by atoms with Crippen molar-refractivity contribution in [3.8, 4) is 0 Å². The SMILES string of the molecule is O=S(=O)=C1CC=Cc2s[c]nc21. The fourth-order valence-electron chi connectivity index (χ4n) is 1.05. The van der Waals surface area contributed by atoms with E-state index < -0.39 is 10.3 Å². The summed E-state index contributed by atoms with van der Waals surface area (Å²) in [6.07, 6.45) is 4.14. The van der Waals surface area contributed by atoms with Gasteiger partial charge in [0.1, 0.15) is 10.6 Å². The van der Waals surface area contributed by atoms with Crippen molar-refractivity contribution in [2.75, 3.05) is 0 Å². The lowest BCUT2D eigenvalue weighted by Gasteiger charge is -2.01. The lowest BCUT2D eigenvalue weighted by Crippen LogP contribution is -2.05. The maximum Gasteiger partial charge on any atom is 0.219 e. The second kappa shape index (κ2) is 2.84. The molecule has 0 atom stereocenters. The number of hydrogen-bond acceptors (Lipinski definition) is 4. The van der Waals surface area contributed by atoms with E-state index in [1.165, 1.54) is 11.3 Å². The molecular weight excluding hydrogens is 194 g/mol. The zero-order valence-corrected chi connectivity index (χ0v) is 7.58. The van der Waals surface area contributed by atoms with Gasteiger partial charge in [0, 0.05) is 6.42 Å². The highest BCUT2D eigenvalue weighted by Gasteiger charge is 2.15. The maximum absolute atomic E-state index is 10.7. The number of hydrogen-bond donors (Lipinski definition) is 0. The molecule has 0 unspecified atom stereocenters. The topological polar surface area (TPSA) is 47.0 Å². The minimum atomic E-state index is -2.15. The van der Waals surface area contributed by atoms with Gasteiger partial charge in [-0.2, -0.15) is 8.42 Å². The highest BCUT2D eigenvalue weighted by molar-refractivity contribution is 7.73. The van der Waals surface area contributed by atoms with Crippen LogP contribution in [-0.2, 0) is 10.3 Å². The Morgan fingerprint density at radius 1 is 1.58 bits per heavy atom. The van der Waals surface area contributed by atoms with E-state index in [-0.39, 0.29) is 0 Å². The van der Waals surface area contributed by atoms with Gasteiger partial charge >= 0.3 is 0 Å². The third-order valence-corrected chi connectivity index (χ3v) is 3.08. The Morgan fingerprint density at radius 3 is 3.17 bits per heavy atom. The predicted octanol–water partition coefficient (Wildman–Crippen LogP) is 0.760. The van der Waals surface area contributed by atoms with Gasteiger partial charge in [0.15, 0.2) is 5.51 Å². The van der Waals surface area contributed by atoms with Crippen LogP contribution in [0.3, 0.4) is 0 Å². The molecule has 1 heterocycles. The fraction of sp³-hybridized carbons (Fsp3) is 0.143. The van der Waals surface area contributed by atoms with Gasteiger partial charge in [0.05, 0.1) is 4.88 Å². The van der Waals surface area contributed by atoms with Gasteiger partial charge in [0.25, 0.3) is 0 Å². The van der Waals surface area contributed by atoms with Crippen molar-refractivity contribution in [1.29, 1.82) is 0 Å². The Kier molecular flexibility index (Phi) is 1.82. The third kappa shape index (κ3) is 1.11. The number of nitrogens with zero attached hydrogens (tertiary/aromatic N) is 1. The van der Waals surface area contributed by atoms with Crippen LogP contribution >= 0.6 is 11.3 Å². The van der Waals surface area contributed by atoms with Crippen LogP contribution < -0.4 is 0 Å². The maximum atomic E-state index is 10.7. The molecule has 0 saturated carbocycles. The van der Waals surface area contributed by atoms with Gasteiger partial charge in [-0.05, 0) is 6.08 Å². The second-order valence-corrected chi connectivity index (χ2v) is 4.07. The predicted molar refractivity (Wildman–Crippen MR) is 47.6 cm³/mol. The Labute approximate surface area is 74.9 Å². The lowest BCUT2D eigenvalue weighted by molar-refractivity contribution is 0.627. The summed E-state index contributed by atoms with van der Waals surface area (Å²) in [5, 5.41) is 0. The van der Waals surface area contributed by atoms with Crippen molar-refractivity contribution in [2.24, 2.45) is 0 Å². The molecule has 1 aliphatic carbocycles. The molecule has 0 aromatic carbocycles. The molecule has 0 bridgehead atoms. The van der Waals surface area contributed by atoms with Crippen molar-refractivity contribution in [1.82, 2.24) is 4.98 Å². The molecule has 0 N–H and O–H groups in total. The molecule has 1 aromatic heterocycles. The molecule has 0 spiro atoms. The van der Waals surface area contributed by atoms with Crippen molar-refractivity contribution in [3.63, 3.8) is 0 Å². The smallest absolute Gasteiger partial charge is 0.219 e. The van der Waals surface area contributed by atoms with Crippen LogP contribution in [0.2, 0.25) is 0 Å². The quantitative estimate of drug-likeness (QED) is 0.578. The highest BCUT2D eigenvalue weighted by Crippen LogP contribution is 2.21. The van der Waals surface area contributed by atoms with Crippen LogP contribution in [0.4, 0.5) is 0 Å². The van der Waals surface area contributed by atoms with Crippen LogP contribution in [-0.4, -0.2) is 18.3 Å². The molecule has 0 amide bonds. The normalized spacial score (nSPS) is 14.5. The van der Waals surface area contributed by atoms with Crippen molar-refractivity contribution < 1.29 is 8.42 Å². The summed E-state index contributed by atoms with van der Waals surface area (Å²) in [5.41, 5.74) is 3.24. The molecule has 61 valence electrons. The van der Waals surface area contributed by atoms with E-state index in [1.807, 2.05) is 12.2 Å². The van der Waals surface area contributed by atoms with Crippen LogP contribution in [0.25, 0.3) is 6.08 Å². The minimum absolute atomic E-state index is 0.366. The Bertz CT molecular complexity index is 459. The summed E-state index contributed by atoms with van der Waals surface area (Å²) < 4.78 is 21.4. The van der Waals surface area contributed by atoms with E-state index in [2.05, 4.69) is 10.5 Å². The summed E-state index contributed by atoms with van der Waals surface area (Å²) in [5.74, 6) is 0. The Balaban J connectivity index is 2.76. The van der Waals surface area contributed by atoms with Gasteiger partial charge in [-0.15, -0.1) is 11.3 Å². The van der Waals surface area contributed by atoms with Crippen molar-refractivity contribution >= 4 is 32.6 Å². The van der Waals surface area contributed by atoms with E-state index in [1.54, 1.807) is 0 Å². The summed E-state index contributed by atoms with van der Waals surface area (Å²) in [4.78, 5) is 5.11. The van der Waals surface area contributed by atoms with Gasteiger partial charge in [-0.25, -0.2) is 4.98 Å². The summed E-state index contributed by atoms with van der Waals surface area (Å²) in [6, 6.07) is 0. The van der Waals surface area contributed by atoms with Gasteiger partial charge in [-0.3, -0.25) is 0 Å². The molecule has 5 heteroatoms. The van der Waals surface area contributed by atoms with Crippen LogP contribution in [0.1, 0.15) is 17.0 Å². The summed E-state index contributed by atoms with van der Waals surface area (Å²) in [6.45, 7) is 0. The average molecular weight is 198 g/mol. The van der Waals surface area contributed by atoms with Crippen molar-refractivity contribution in [3.05, 3.63) is 22.2 Å². The Hall–Kier alpha value is -0.940. The zero-order valence-electron chi connectivity index (χ0n) is 5.94. The summed E-state index contributed by atoms with van der Waals surface area (Å²) in [7, 11) is -2.15. The average Bonchev–Trinajstić information content (AvgIpc) is 2.49. The van der Waals surface area contributed by atoms with Gasteiger partial charge < -0.3 is 0 Å². The molecule has 1 aromatic rings. The number of fused-ring (bicyclic) bond motifs is 1. The molecule has 0 fully saturated rings.